The van der Waals surface area contributed by atoms with E-state index in [1.807, 2.05) is 13.8 Å². The molecular formula is C7H12N2O. The van der Waals surface area contributed by atoms with Crippen molar-refractivity contribution in [2.45, 2.75) is 13.8 Å². The molecule has 0 saturated heterocycles. The fourth-order valence-corrected chi connectivity index (χ4v) is 0.429. The van der Waals surface area contributed by atoms with Gasteiger partial charge in [-0.25, -0.2) is 9.78 Å². The van der Waals surface area contributed by atoms with Gasteiger partial charge in [-0.2, -0.15) is 0 Å². The van der Waals surface area contributed by atoms with Crippen molar-refractivity contribution in [3.05, 3.63) is 28.9 Å². The number of aryl methyl sites for hydroxylation is 1. The normalized spacial score (nSPS) is 7.90. The van der Waals surface area contributed by atoms with Crippen molar-refractivity contribution in [2.24, 2.45) is 7.05 Å². The van der Waals surface area contributed by atoms with Gasteiger partial charge in [-0.1, -0.05) is 13.8 Å². The fraction of sp³-hybridized carbons (Fsp3) is 0.429. The van der Waals surface area contributed by atoms with Crippen molar-refractivity contribution in [1.29, 1.82) is 0 Å². The Kier molecular flexibility index (Phi) is 4.20. The molecular weight excluding hydrogens is 128 g/mol. The van der Waals surface area contributed by atoms with Gasteiger partial charge in [-0.05, 0) is 6.07 Å². The molecule has 3 nitrogen and oxygen atoms in total. The lowest BCUT2D eigenvalue weighted by Crippen LogP contribution is -2.17. The molecule has 0 unspecified atom stereocenters. The highest BCUT2D eigenvalue weighted by molar-refractivity contribution is 4.78. The van der Waals surface area contributed by atoms with Crippen molar-refractivity contribution in [3.8, 4) is 0 Å². The van der Waals surface area contributed by atoms with Crippen LogP contribution in [-0.2, 0) is 7.05 Å². The third-order valence-electron chi connectivity index (χ3n) is 0.882. The lowest BCUT2D eigenvalue weighted by molar-refractivity contribution is 0.810. The highest BCUT2D eigenvalue weighted by Crippen LogP contribution is 1.68. The molecule has 0 aliphatic heterocycles. The Morgan fingerprint density at radius 3 is 2.40 bits per heavy atom. The maximum absolute atomic E-state index is 10.5. The molecule has 1 aromatic rings. The number of rotatable bonds is 0. The second kappa shape index (κ2) is 4.73. The first-order valence-corrected chi connectivity index (χ1v) is 3.28. The van der Waals surface area contributed by atoms with Gasteiger partial charge in [0.2, 0.25) is 0 Å². The van der Waals surface area contributed by atoms with Gasteiger partial charge < -0.3 is 4.57 Å². The average molecular weight is 140 g/mol. The molecule has 1 rings (SSSR count). The average Bonchev–Trinajstić information content (AvgIpc) is 2.00. The maximum atomic E-state index is 10.5. The minimum absolute atomic E-state index is 0.215. The lowest BCUT2D eigenvalue weighted by atomic mass is 10.7. The third kappa shape index (κ3) is 2.44. The SMILES string of the molecule is CC.Cn1cccnc1=O. The highest BCUT2D eigenvalue weighted by atomic mass is 16.1. The summed E-state index contributed by atoms with van der Waals surface area (Å²) in [6.07, 6.45) is 3.14. The van der Waals surface area contributed by atoms with E-state index in [9.17, 15) is 4.79 Å². The van der Waals surface area contributed by atoms with Crippen LogP contribution in [-0.4, -0.2) is 9.55 Å². The number of aromatic nitrogens is 2. The quantitative estimate of drug-likeness (QED) is 0.534. The van der Waals surface area contributed by atoms with Gasteiger partial charge in [0.25, 0.3) is 0 Å². The second-order valence-electron chi connectivity index (χ2n) is 1.51. The van der Waals surface area contributed by atoms with Gasteiger partial charge >= 0.3 is 5.69 Å². The molecule has 0 fully saturated rings. The predicted molar refractivity (Wildman–Crippen MR) is 40.8 cm³/mol. The Morgan fingerprint density at radius 1 is 1.50 bits per heavy atom. The molecule has 0 aromatic carbocycles. The van der Waals surface area contributed by atoms with Crippen molar-refractivity contribution < 1.29 is 0 Å². The summed E-state index contributed by atoms with van der Waals surface area (Å²) >= 11 is 0. The molecule has 0 aliphatic rings. The molecule has 10 heavy (non-hydrogen) atoms. The number of nitrogens with zero attached hydrogens (tertiary/aromatic N) is 2. The van der Waals surface area contributed by atoms with Gasteiger partial charge in [-0.15, -0.1) is 0 Å². The summed E-state index contributed by atoms with van der Waals surface area (Å²) in [4.78, 5) is 14.0. The third-order valence-corrected chi connectivity index (χ3v) is 0.882. The number of hydrogen-bond acceptors (Lipinski definition) is 2. The van der Waals surface area contributed by atoms with E-state index >= 15 is 0 Å². The first-order valence-electron chi connectivity index (χ1n) is 3.28. The van der Waals surface area contributed by atoms with E-state index in [1.54, 1.807) is 19.3 Å². The van der Waals surface area contributed by atoms with Crippen molar-refractivity contribution in [2.75, 3.05) is 0 Å². The summed E-state index contributed by atoms with van der Waals surface area (Å²) in [6.45, 7) is 4.00. The molecule has 1 aromatic heterocycles. The topological polar surface area (TPSA) is 34.9 Å². The lowest BCUT2D eigenvalue weighted by Gasteiger charge is -1.88. The fourth-order valence-electron chi connectivity index (χ4n) is 0.429. The zero-order valence-corrected chi connectivity index (χ0v) is 6.53. The van der Waals surface area contributed by atoms with Crippen molar-refractivity contribution in [1.82, 2.24) is 9.55 Å². The second-order valence-corrected chi connectivity index (χ2v) is 1.51. The van der Waals surface area contributed by atoms with Crippen LogP contribution in [0.3, 0.4) is 0 Å². The molecule has 1 heterocycles. The van der Waals surface area contributed by atoms with Crippen LogP contribution in [0.5, 0.6) is 0 Å². The van der Waals surface area contributed by atoms with Gasteiger partial charge in [0.05, 0.1) is 0 Å². The highest BCUT2D eigenvalue weighted by Gasteiger charge is 1.81. The smallest absolute Gasteiger partial charge is 0.302 e. The zero-order chi connectivity index (χ0) is 7.98. The van der Waals surface area contributed by atoms with E-state index in [1.165, 1.54) is 10.8 Å². The zero-order valence-electron chi connectivity index (χ0n) is 6.53. The van der Waals surface area contributed by atoms with Crippen LogP contribution in [0.25, 0.3) is 0 Å². The molecule has 3 heteroatoms. The molecule has 0 aliphatic carbocycles. The Bertz CT molecular complexity index is 229. The van der Waals surface area contributed by atoms with E-state index in [0.717, 1.165) is 0 Å². The van der Waals surface area contributed by atoms with Crippen LogP contribution < -0.4 is 5.69 Å². The molecule has 0 atom stereocenters. The van der Waals surface area contributed by atoms with Gasteiger partial charge in [0.1, 0.15) is 0 Å². The van der Waals surface area contributed by atoms with Crippen molar-refractivity contribution in [3.63, 3.8) is 0 Å². The predicted octanol–water partition coefficient (Wildman–Crippen LogP) is 0.806. The summed E-state index contributed by atoms with van der Waals surface area (Å²) < 4.78 is 1.42. The molecule has 0 radical (unpaired) electrons. The standard InChI is InChI=1S/C5H6N2O.C2H6/c1-7-4-2-3-6-5(7)8;1-2/h2-4H,1H3;1-2H3. The first kappa shape index (κ1) is 8.88. The molecule has 56 valence electrons. The largest absolute Gasteiger partial charge is 0.347 e. The van der Waals surface area contributed by atoms with Gasteiger partial charge in [-0.3, -0.25) is 0 Å². The van der Waals surface area contributed by atoms with Crippen molar-refractivity contribution >= 4 is 0 Å². The molecule has 0 N–H and O–H groups in total. The van der Waals surface area contributed by atoms with E-state index in [4.69, 9.17) is 0 Å². The molecule has 0 amide bonds. The molecule has 0 spiro atoms. The molecule has 0 saturated carbocycles. The summed E-state index contributed by atoms with van der Waals surface area (Å²) in [5.74, 6) is 0. The van der Waals surface area contributed by atoms with Gasteiger partial charge in [0.15, 0.2) is 0 Å². The summed E-state index contributed by atoms with van der Waals surface area (Å²) in [6, 6.07) is 1.71. The van der Waals surface area contributed by atoms with Crippen LogP contribution in [0.15, 0.2) is 23.3 Å². The van der Waals surface area contributed by atoms with Crippen LogP contribution in [0.4, 0.5) is 0 Å². The van der Waals surface area contributed by atoms with E-state index in [2.05, 4.69) is 4.98 Å². The van der Waals surface area contributed by atoms with E-state index in [-0.39, 0.29) is 5.69 Å². The van der Waals surface area contributed by atoms with Crippen LogP contribution >= 0.6 is 0 Å². The Balaban J connectivity index is 0.000000371. The monoisotopic (exact) mass is 140 g/mol. The van der Waals surface area contributed by atoms with Crippen LogP contribution in [0.1, 0.15) is 13.8 Å². The van der Waals surface area contributed by atoms with Crippen LogP contribution in [0.2, 0.25) is 0 Å². The minimum atomic E-state index is -0.215. The summed E-state index contributed by atoms with van der Waals surface area (Å²) in [5, 5.41) is 0. The number of hydrogen-bond donors (Lipinski definition) is 0. The summed E-state index contributed by atoms with van der Waals surface area (Å²) in [5.41, 5.74) is -0.215. The van der Waals surface area contributed by atoms with E-state index < -0.39 is 0 Å². The molecule has 0 bridgehead atoms. The van der Waals surface area contributed by atoms with Gasteiger partial charge in [0, 0.05) is 19.4 Å². The Hall–Kier alpha value is -1.12. The first-order chi connectivity index (χ1) is 4.80. The Labute approximate surface area is 60.3 Å². The minimum Gasteiger partial charge on any atom is -0.302 e. The maximum Gasteiger partial charge on any atom is 0.347 e. The Morgan fingerprint density at radius 2 is 2.10 bits per heavy atom. The van der Waals surface area contributed by atoms with Crippen LogP contribution in [0, 0.1) is 0 Å². The summed E-state index contributed by atoms with van der Waals surface area (Å²) in [7, 11) is 1.66. The van der Waals surface area contributed by atoms with E-state index in [0.29, 0.717) is 0 Å².